The maximum Gasteiger partial charge on any atom is 0.223 e. The number of nitrogens with one attached hydrogen (secondary N) is 4. The number of hydrogen-bond donors (Lipinski definition) is 6. The average Bonchev–Trinajstić information content (AvgIpc) is 3.62. The molecule has 0 bridgehead atoms. The number of fused-ring (bicyclic) bond motifs is 1. The third-order valence-corrected chi connectivity index (χ3v) is 7.66. The van der Waals surface area contributed by atoms with Crippen molar-refractivity contribution < 1.29 is 9.59 Å². The fraction of sp³-hybridized carbons (Fsp3) is 0.429. The summed E-state index contributed by atoms with van der Waals surface area (Å²) >= 11 is 0. The Hall–Kier alpha value is -4.32. The summed E-state index contributed by atoms with van der Waals surface area (Å²) in [5.41, 5.74) is 15.7. The number of anilines is 1. The molecule has 0 spiro atoms. The van der Waals surface area contributed by atoms with Gasteiger partial charge >= 0.3 is 0 Å². The molecule has 1 aliphatic carbocycles. The van der Waals surface area contributed by atoms with Crippen molar-refractivity contribution in [1.82, 2.24) is 40.8 Å². The summed E-state index contributed by atoms with van der Waals surface area (Å²) in [5.74, 6) is 1.31. The monoisotopic (exact) mass is 544 g/mol. The molecule has 3 heterocycles. The van der Waals surface area contributed by atoms with Crippen LogP contribution in [0.25, 0.3) is 22.2 Å². The van der Waals surface area contributed by atoms with Crippen LogP contribution < -0.4 is 22.1 Å². The molecule has 2 amide bonds. The molecule has 1 aliphatic rings. The first-order valence-corrected chi connectivity index (χ1v) is 13.7. The average molecular weight is 545 g/mol. The molecule has 0 unspecified atom stereocenters. The van der Waals surface area contributed by atoms with E-state index in [1.54, 1.807) is 18.6 Å². The van der Waals surface area contributed by atoms with Gasteiger partial charge in [0.1, 0.15) is 5.82 Å². The van der Waals surface area contributed by atoms with E-state index in [9.17, 15) is 9.59 Å². The Morgan fingerprint density at radius 1 is 1.10 bits per heavy atom. The molecule has 4 aromatic rings. The lowest BCUT2D eigenvalue weighted by molar-refractivity contribution is -0.127. The van der Waals surface area contributed by atoms with E-state index < -0.39 is 6.04 Å². The van der Waals surface area contributed by atoms with Crippen molar-refractivity contribution in [2.45, 2.75) is 58.0 Å². The largest absolute Gasteiger partial charge is 0.382 e. The molecule has 1 aromatic carbocycles. The number of aromatic nitrogens is 6. The molecular formula is C28H36N10O2. The van der Waals surface area contributed by atoms with Gasteiger partial charge in [0.05, 0.1) is 47.6 Å². The van der Waals surface area contributed by atoms with E-state index in [1.165, 1.54) is 0 Å². The standard InChI is InChI=1S/C28H36N10O2/c1-16-12-32-20(13-31-16)14-33-25(39)9-8-22(36-28(40)18-4-2-17(11-29)3-5-18)27-34-15-24(35-27)19-6-7-21-23(10-19)37-38-26(21)30/h6-7,10,12-13,15,17-18,22H,2-5,8-9,11,14,29H2,1H3,(H,33,39)(H,34,35)(H,36,40)(H3,30,37,38)/t17?,18?,22-/m0/s1. The van der Waals surface area contributed by atoms with Gasteiger partial charge in [-0.2, -0.15) is 5.10 Å². The summed E-state index contributed by atoms with van der Waals surface area (Å²) < 4.78 is 0. The van der Waals surface area contributed by atoms with Gasteiger partial charge in [-0.15, -0.1) is 0 Å². The highest BCUT2D eigenvalue weighted by molar-refractivity contribution is 5.91. The number of amides is 2. The number of H-pyrrole nitrogens is 2. The van der Waals surface area contributed by atoms with Crippen LogP contribution in [0.1, 0.15) is 61.8 Å². The van der Waals surface area contributed by atoms with Crippen molar-refractivity contribution in [2.75, 3.05) is 12.3 Å². The normalized spacial score (nSPS) is 17.9. The number of carbonyl (C=O) groups is 2. The van der Waals surface area contributed by atoms with Crippen molar-refractivity contribution in [3.8, 4) is 11.3 Å². The Morgan fingerprint density at radius 3 is 2.67 bits per heavy atom. The predicted octanol–water partition coefficient (Wildman–Crippen LogP) is 2.65. The van der Waals surface area contributed by atoms with Crippen LogP contribution in [-0.2, 0) is 16.1 Å². The van der Waals surface area contributed by atoms with Gasteiger partial charge in [0.25, 0.3) is 0 Å². The Bertz CT molecular complexity index is 1450. The first-order valence-electron chi connectivity index (χ1n) is 13.7. The van der Waals surface area contributed by atoms with Crippen LogP contribution in [0.4, 0.5) is 5.82 Å². The van der Waals surface area contributed by atoms with Crippen molar-refractivity contribution >= 4 is 28.5 Å². The Morgan fingerprint density at radius 2 is 1.93 bits per heavy atom. The summed E-state index contributed by atoms with van der Waals surface area (Å²) in [6, 6.07) is 5.34. The summed E-state index contributed by atoms with van der Waals surface area (Å²) in [5, 5.41) is 13.9. The highest BCUT2D eigenvalue weighted by Gasteiger charge is 2.28. The quantitative estimate of drug-likeness (QED) is 0.175. The summed E-state index contributed by atoms with van der Waals surface area (Å²) in [7, 11) is 0. The number of hydrogen-bond acceptors (Lipinski definition) is 8. The number of rotatable bonds is 10. The van der Waals surface area contributed by atoms with Gasteiger partial charge in [0, 0.05) is 29.5 Å². The van der Waals surface area contributed by atoms with Gasteiger partial charge in [-0.25, -0.2) is 4.98 Å². The highest BCUT2D eigenvalue weighted by Crippen LogP contribution is 2.30. The van der Waals surface area contributed by atoms with Gasteiger partial charge in [-0.05, 0) is 63.6 Å². The maximum atomic E-state index is 13.3. The molecule has 1 saturated carbocycles. The molecular weight excluding hydrogens is 508 g/mol. The maximum absolute atomic E-state index is 13.3. The van der Waals surface area contributed by atoms with E-state index in [4.69, 9.17) is 11.5 Å². The number of aryl methyl sites for hydroxylation is 1. The molecule has 3 aromatic heterocycles. The molecule has 210 valence electrons. The number of nitrogen functional groups attached to an aromatic ring is 1. The summed E-state index contributed by atoms with van der Waals surface area (Å²) in [6.07, 6.45) is 9.18. The third-order valence-electron chi connectivity index (χ3n) is 7.66. The number of imidazole rings is 1. The van der Waals surface area contributed by atoms with Crippen LogP contribution in [-0.4, -0.2) is 48.5 Å². The van der Waals surface area contributed by atoms with Crippen LogP contribution in [0, 0.1) is 18.8 Å². The van der Waals surface area contributed by atoms with E-state index in [2.05, 4.69) is 40.8 Å². The van der Waals surface area contributed by atoms with Gasteiger partial charge in [0.15, 0.2) is 5.82 Å². The predicted molar refractivity (Wildman–Crippen MR) is 151 cm³/mol. The van der Waals surface area contributed by atoms with Crippen molar-refractivity contribution in [3.63, 3.8) is 0 Å². The summed E-state index contributed by atoms with van der Waals surface area (Å²) in [4.78, 5) is 42.4. The molecule has 1 fully saturated rings. The molecule has 8 N–H and O–H groups in total. The minimum Gasteiger partial charge on any atom is -0.382 e. The van der Waals surface area contributed by atoms with Crippen LogP contribution in [0.15, 0.2) is 36.8 Å². The molecule has 0 aliphatic heterocycles. The first kappa shape index (κ1) is 27.3. The molecule has 5 rings (SSSR count). The zero-order chi connectivity index (χ0) is 28.1. The molecule has 0 saturated heterocycles. The van der Waals surface area contributed by atoms with E-state index in [1.807, 2.05) is 25.1 Å². The zero-order valence-electron chi connectivity index (χ0n) is 22.6. The lowest BCUT2D eigenvalue weighted by Crippen LogP contribution is -2.37. The second-order valence-electron chi connectivity index (χ2n) is 10.5. The Kier molecular flexibility index (Phi) is 8.34. The van der Waals surface area contributed by atoms with Crippen molar-refractivity contribution in [1.29, 1.82) is 0 Å². The van der Waals surface area contributed by atoms with E-state index in [-0.39, 0.29) is 24.2 Å². The van der Waals surface area contributed by atoms with Crippen molar-refractivity contribution in [3.05, 3.63) is 54.0 Å². The molecule has 0 radical (unpaired) electrons. The second-order valence-corrected chi connectivity index (χ2v) is 10.5. The fourth-order valence-corrected chi connectivity index (χ4v) is 5.16. The van der Waals surface area contributed by atoms with E-state index in [0.717, 1.165) is 53.5 Å². The van der Waals surface area contributed by atoms with E-state index >= 15 is 0 Å². The Labute approximate surface area is 232 Å². The summed E-state index contributed by atoms with van der Waals surface area (Å²) in [6.45, 7) is 2.81. The number of nitrogens with two attached hydrogens (primary N) is 2. The molecule has 40 heavy (non-hydrogen) atoms. The van der Waals surface area contributed by atoms with Gasteiger partial charge in [0.2, 0.25) is 11.8 Å². The van der Waals surface area contributed by atoms with Crippen LogP contribution in [0.2, 0.25) is 0 Å². The van der Waals surface area contributed by atoms with E-state index in [0.29, 0.717) is 42.8 Å². The highest BCUT2D eigenvalue weighted by atomic mass is 16.2. The molecule has 12 heteroatoms. The minimum absolute atomic E-state index is 0.0110. The topological polar surface area (TPSA) is 193 Å². The van der Waals surface area contributed by atoms with Crippen molar-refractivity contribution in [2.24, 2.45) is 17.6 Å². The first-order chi connectivity index (χ1) is 19.4. The third kappa shape index (κ3) is 6.45. The van der Waals surface area contributed by atoms with Crippen LogP contribution in [0.5, 0.6) is 0 Å². The molecule has 1 atom stereocenters. The zero-order valence-corrected chi connectivity index (χ0v) is 22.6. The lowest BCUT2D eigenvalue weighted by atomic mass is 9.81. The number of nitrogens with zero attached hydrogens (tertiary/aromatic N) is 4. The smallest absolute Gasteiger partial charge is 0.223 e. The van der Waals surface area contributed by atoms with Gasteiger partial charge in [-0.1, -0.05) is 6.07 Å². The van der Waals surface area contributed by atoms with Crippen LogP contribution in [0.3, 0.4) is 0 Å². The fourth-order valence-electron chi connectivity index (χ4n) is 5.16. The Balaban J connectivity index is 1.28. The van der Waals surface area contributed by atoms with Gasteiger partial charge < -0.3 is 27.1 Å². The SMILES string of the molecule is Cc1cnc(CNC(=O)CC[C@H](NC(=O)C2CCC(CN)CC2)c2ncc(-c3ccc4c(N)n[nH]c4c3)[nH]2)cn1. The second kappa shape index (κ2) is 12.2. The van der Waals surface area contributed by atoms with Gasteiger partial charge in [-0.3, -0.25) is 24.7 Å². The number of aromatic amines is 2. The number of benzene rings is 1. The van der Waals surface area contributed by atoms with Crippen LogP contribution >= 0.6 is 0 Å². The number of carbonyl (C=O) groups excluding carboxylic acids is 2. The minimum atomic E-state index is -0.454. The molecule has 12 nitrogen and oxygen atoms in total. The lowest BCUT2D eigenvalue weighted by Gasteiger charge is -2.28.